The highest BCUT2D eigenvalue weighted by Crippen LogP contribution is 2.32. The summed E-state index contributed by atoms with van der Waals surface area (Å²) in [5, 5.41) is 19.2. The third-order valence-corrected chi connectivity index (χ3v) is 2.44. The number of ether oxygens (including phenoxy) is 1. The molecule has 6 heteroatoms. The Labute approximate surface area is 94.6 Å². The van der Waals surface area contributed by atoms with Crippen LogP contribution in [0.3, 0.4) is 0 Å². The maximum absolute atomic E-state index is 10.7. The van der Waals surface area contributed by atoms with E-state index in [1.54, 1.807) is 0 Å². The number of halogens is 1. The number of hydrogen-bond donors (Lipinski definition) is 0. The summed E-state index contributed by atoms with van der Waals surface area (Å²) in [6, 6.07) is 4.71. The molecule has 0 aliphatic rings. The molecule has 0 heterocycles. The third-order valence-electron chi connectivity index (χ3n) is 1.82. The van der Waals surface area contributed by atoms with Crippen LogP contribution in [-0.4, -0.2) is 12.0 Å². The number of benzene rings is 1. The molecule has 0 bridgehead atoms. The highest BCUT2D eigenvalue weighted by atomic mass is 79.9. The summed E-state index contributed by atoms with van der Waals surface area (Å²) in [6.07, 6.45) is -0.00108. The summed E-state index contributed by atoms with van der Waals surface area (Å²) in [5.74, 6) is 0.378. The van der Waals surface area contributed by atoms with Gasteiger partial charge < -0.3 is 4.74 Å². The molecular weight excluding hydrogens is 264 g/mol. The molecular formula is C9H7BrN2O3. The van der Waals surface area contributed by atoms with Crippen molar-refractivity contribution >= 4 is 21.6 Å². The van der Waals surface area contributed by atoms with Gasteiger partial charge in [-0.05, 0) is 22.0 Å². The molecule has 0 aliphatic carbocycles. The van der Waals surface area contributed by atoms with Gasteiger partial charge in [0.05, 0.1) is 35.1 Å². The van der Waals surface area contributed by atoms with E-state index in [1.807, 2.05) is 6.07 Å². The lowest BCUT2D eigenvalue weighted by atomic mass is 10.1. The van der Waals surface area contributed by atoms with Gasteiger partial charge in [-0.2, -0.15) is 5.26 Å². The minimum absolute atomic E-state index is 0.00108. The van der Waals surface area contributed by atoms with Gasteiger partial charge in [0.15, 0.2) is 0 Å². The molecule has 1 rings (SSSR count). The third kappa shape index (κ3) is 2.44. The molecule has 0 saturated carbocycles. The molecule has 0 spiro atoms. The lowest BCUT2D eigenvalue weighted by molar-refractivity contribution is -0.385. The van der Waals surface area contributed by atoms with Crippen molar-refractivity contribution in [3.8, 4) is 11.8 Å². The zero-order valence-electron chi connectivity index (χ0n) is 7.86. The number of nitro benzene ring substituents is 1. The van der Waals surface area contributed by atoms with Crippen LogP contribution >= 0.6 is 15.9 Å². The van der Waals surface area contributed by atoms with Crippen molar-refractivity contribution < 1.29 is 9.66 Å². The van der Waals surface area contributed by atoms with E-state index in [9.17, 15) is 10.1 Å². The van der Waals surface area contributed by atoms with Gasteiger partial charge >= 0.3 is 0 Å². The zero-order chi connectivity index (χ0) is 11.4. The Kier molecular flexibility index (Phi) is 3.63. The minimum Gasteiger partial charge on any atom is -0.495 e. The lowest BCUT2D eigenvalue weighted by Gasteiger charge is -2.05. The first-order valence-corrected chi connectivity index (χ1v) is 4.77. The average Bonchev–Trinajstić information content (AvgIpc) is 2.18. The maximum Gasteiger partial charge on any atom is 0.277 e. The first-order valence-electron chi connectivity index (χ1n) is 3.98. The number of nitriles is 1. The topological polar surface area (TPSA) is 76.2 Å². The van der Waals surface area contributed by atoms with E-state index >= 15 is 0 Å². The largest absolute Gasteiger partial charge is 0.495 e. The van der Waals surface area contributed by atoms with Crippen molar-refractivity contribution in [3.05, 3.63) is 32.3 Å². The summed E-state index contributed by atoms with van der Waals surface area (Å²) in [4.78, 5) is 10.2. The Balaban J connectivity index is 3.33. The van der Waals surface area contributed by atoms with Gasteiger partial charge in [0.2, 0.25) is 0 Å². The van der Waals surface area contributed by atoms with E-state index < -0.39 is 4.92 Å². The van der Waals surface area contributed by atoms with Crippen molar-refractivity contribution in [2.24, 2.45) is 0 Å². The number of rotatable bonds is 3. The number of nitrogens with zero attached hydrogens (tertiary/aromatic N) is 2. The standard InChI is InChI=1S/C9H7BrN2O3/c1-15-9-5-8(12(13)14)6(2-3-11)4-7(9)10/h4-5H,2H2,1H3. The predicted molar refractivity (Wildman–Crippen MR) is 56.7 cm³/mol. The molecule has 1 aromatic carbocycles. The van der Waals surface area contributed by atoms with Crippen LogP contribution in [0.25, 0.3) is 0 Å². The van der Waals surface area contributed by atoms with Crippen molar-refractivity contribution in [1.29, 1.82) is 5.26 Å². The fourth-order valence-corrected chi connectivity index (χ4v) is 1.69. The second-order valence-corrected chi connectivity index (χ2v) is 3.56. The second kappa shape index (κ2) is 4.75. The van der Waals surface area contributed by atoms with Gasteiger partial charge in [-0.1, -0.05) is 0 Å². The molecule has 0 fully saturated rings. The fraction of sp³-hybridized carbons (Fsp3) is 0.222. The van der Waals surface area contributed by atoms with Crippen molar-refractivity contribution in [3.63, 3.8) is 0 Å². The van der Waals surface area contributed by atoms with Gasteiger partial charge in [-0.3, -0.25) is 10.1 Å². The van der Waals surface area contributed by atoms with Gasteiger partial charge in [0.25, 0.3) is 5.69 Å². The first kappa shape index (κ1) is 11.5. The fourth-order valence-electron chi connectivity index (χ4n) is 1.14. The zero-order valence-corrected chi connectivity index (χ0v) is 9.44. The molecule has 0 amide bonds. The van der Waals surface area contributed by atoms with Gasteiger partial charge in [-0.15, -0.1) is 0 Å². The van der Waals surface area contributed by atoms with E-state index in [2.05, 4.69) is 15.9 Å². The van der Waals surface area contributed by atoms with Crippen LogP contribution in [0, 0.1) is 21.4 Å². The van der Waals surface area contributed by atoms with E-state index in [0.29, 0.717) is 15.8 Å². The van der Waals surface area contributed by atoms with Crippen LogP contribution in [-0.2, 0) is 6.42 Å². The Morgan fingerprint density at radius 1 is 1.67 bits per heavy atom. The summed E-state index contributed by atoms with van der Waals surface area (Å²) in [7, 11) is 1.42. The molecule has 5 nitrogen and oxygen atoms in total. The number of nitro groups is 1. The normalized spacial score (nSPS) is 9.40. The first-order chi connectivity index (χ1) is 7.10. The van der Waals surface area contributed by atoms with E-state index in [0.717, 1.165) is 0 Å². The summed E-state index contributed by atoms with van der Waals surface area (Å²) < 4.78 is 5.53. The van der Waals surface area contributed by atoms with Crippen molar-refractivity contribution in [2.75, 3.05) is 7.11 Å². The van der Waals surface area contributed by atoms with Gasteiger partial charge in [-0.25, -0.2) is 0 Å². The van der Waals surface area contributed by atoms with E-state index in [-0.39, 0.29) is 12.1 Å². The quantitative estimate of drug-likeness (QED) is 0.624. The van der Waals surface area contributed by atoms with Crippen LogP contribution in [0.5, 0.6) is 5.75 Å². The van der Waals surface area contributed by atoms with Crippen LogP contribution in [0.2, 0.25) is 0 Å². The molecule has 0 saturated heterocycles. The van der Waals surface area contributed by atoms with Crippen LogP contribution < -0.4 is 4.74 Å². The van der Waals surface area contributed by atoms with Crippen LogP contribution in [0.4, 0.5) is 5.69 Å². The Bertz CT molecular complexity index is 440. The molecule has 0 N–H and O–H groups in total. The van der Waals surface area contributed by atoms with E-state index in [4.69, 9.17) is 10.00 Å². The monoisotopic (exact) mass is 270 g/mol. The molecule has 0 aliphatic heterocycles. The minimum atomic E-state index is -0.526. The molecule has 0 radical (unpaired) electrons. The summed E-state index contributed by atoms with van der Waals surface area (Å²) >= 11 is 3.20. The second-order valence-electron chi connectivity index (χ2n) is 2.71. The Morgan fingerprint density at radius 2 is 2.33 bits per heavy atom. The van der Waals surface area contributed by atoms with Gasteiger partial charge in [0.1, 0.15) is 5.75 Å². The lowest BCUT2D eigenvalue weighted by Crippen LogP contribution is -1.96. The smallest absolute Gasteiger partial charge is 0.277 e. The molecule has 0 aromatic heterocycles. The van der Waals surface area contributed by atoms with Crippen LogP contribution in [0.15, 0.2) is 16.6 Å². The SMILES string of the molecule is COc1cc([N+](=O)[O-])c(CC#N)cc1Br. The summed E-state index contributed by atoms with van der Waals surface area (Å²) in [5.41, 5.74) is 0.270. The van der Waals surface area contributed by atoms with Crippen molar-refractivity contribution in [1.82, 2.24) is 0 Å². The van der Waals surface area contributed by atoms with Crippen molar-refractivity contribution in [2.45, 2.75) is 6.42 Å². The highest BCUT2D eigenvalue weighted by molar-refractivity contribution is 9.10. The predicted octanol–water partition coefficient (Wildman–Crippen LogP) is 2.43. The molecule has 0 atom stereocenters. The molecule has 78 valence electrons. The van der Waals surface area contributed by atoms with Crippen LogP contribution in [0.1, 0.15) is 5.56 Å². The highest BCUT2D eigenvalue weighted by Gasteiger charge is 2.17. The Hall–Kier alpha value is -1.61. The average molecular weight is 271 g/mol. The Morgan fingerprint density at radius 3 is 2.80 bits per heavy atom. The molecule has 1 aromatic rings. The summed E-state index contributed by atoms with van der Waals surface area (Å²) in [6.45, 7) is 0. The van der Waals surface area contributed by atoms with E-state index in [1.165, 1.54) is 19.2 Å². The maximum atomic E-state index is 10.7. The molecule has 15 heavy (non-hydrogen) atoms. The van der Waals surface area contributed by atoms with Gasteiger partial charge in [0, 0.05) is 5.56 Å². The molecule has 0 unspecified atom stereocenters. The number of methoxy groups -OCH3 is 1. The number of hydrogen-bond acceptors (Lipinski definition) is 4.